The SMILES string of the molecule is COC(=O)CCC/C=C\C[C@H]1[C@H](NS(=O)(=O)c2ccc(C)cc2)[C@@H]2C[C@@]1(c1ccc(-c3ccccc3)cc1)CO2. The van der Waals surface area contributed by atoms with Gasteiger partial charge >= 0.3 is 5.97 Å². The summed E-state index contributed by atoms with van der Waals surface area (Å²) in [6, 6.07) is 25.5. The lowest BCUT2D eigenvalue weighted by molar-refractivity contribution is -0.140. The summed E-state index contributed by atoms with van der Waals surface area (Å²) in [6.45, 7) is 2.50. The molecular formula is C33H37NO5S. The predicted octanol–water partition coefficient (Wildman–Crippen LogP) is 5.96. The molecule has 210 valence electrons. The van der Waals surface area contributed by atoms with Crippen molar-refractivity contribution in [2.45, 2.75) is 61.5 Å². The largest absolute Gasteiger partial charge is 0.469 e. The van der Waals surface area contributed by atoms with Crippen molar-refractivity contribution in [3.05, 3.63) is 102 Å². The summed E-state index contributed by atoms with van der Waals surface area (Å²) in [6.07, 6.45) is 7.36. The van der Waals surface area contributed by atoms with Crippen LogP contribution in [-0.4, -0.2) is 40.2 Å². The predicted molar refractivity (Wildman–Crippen MR) is 156 cm³/mol. The molecule has 1 heterocycles. The fourth-order valence-electron chi connectivity index (χ4n) is 6.19. The lowest BCUT2D eigenvalue weighted by atomic mass is 9.70. The first-order valence-electron chi connectivity index (χ1n) is 13.9. The van der Waals surface area contributed by atoms with E-state index in [0.29, 0.717) is 19.4 Å². The molecule has 0 unspecified atom stereocenters. The lowest BCUT2D eigenvalue weighted by Crippen LogP contribution is -2.51. The molecule has 2 bridgehead atoms. The van der Waals surface area contributed by atoms with E-state index in [9.17, 15) is 13.2 Å². The van der Waals surface area contributed by atoms with E-state index >= 15 is 0 Å². The van der Waals surface area contributed by atoms with Gasteiger partial charge in [-0.2, -0.15) is 0 Å². The molecule has 1 saturated carbocycles. The minimum Gasteiger partial charge on any atom is -0.469 e. The highest BCUT2D eigenvalue weighted by molar-refractivity contribution is 7.89. The van der Waals surface area contributed by atoms with Crippen molar-refractivity contribution >= 4 is 16.0 Å². The highest BCUT2D eigenvalue weighted by Gasteiger charge is 2.60. The average Bonchev–Trinajstić information content (AvgIpc) is 3.54. The number of esters is 1. The van der Waals surface area contributed by atoms with Crippen molar-refractivity contribution in [2.75, 3.05) is 13.7 Å². The van der Waals surface area contributed by atoms with Crippen LogP contribution in [0.25, 0.3) is 11.1 Å². The second kappa shape index (κ2) is 12.1. The number of benzene rings is 3. The standard InChI is InChI=1S/C33H37NO5S/c1-24-14-20-28(21-15-24)40(36,37)34-32-29(12-8-3-4-9-13-31(35)38-2)33(22-30(32)39-23-33)27-18-16-26(17-19-27)25-10-6-5-7-11-25/h3,5-8,10-11,14-21,29-30,32,34H,4,9,12-13,22-23H2,1-2H3/b8-3-/t29-,30-,32-,33-/m0/s1. The van der Waals surface area contributed by atoms with Crippen molar-refractivity contribution in [2.24, 2.45) is 5.92 Å². The van der Waals surface area contributed by atoms with Gasteiger partial charge in [-0.05, 0) is 67.3 Å². The molecule has 2 fully saturated rings. The summed E-state index contributed by atoms with van der Waals surface area (Å²) in [5, 5.41) is 0. The first-order valence-corrected chi connectivity index (χ1v) is 15.4. The first-order chi connectivity index (χ1) is 19.3. The second-order valence-electron chi connectivity index (χ2n) is 10.9. The number of unbranched alkanes of at least 4 members (excludes halogenated alkanes) is 1. The highest BCUT2D eigenvalue weighted by atomic mass is 32.2. The number of sulfonamides is 1. The van der Waals surface area contributed by atoms with Crippen LogP contribution in [0.5, 0.6) is 0 Å². The normalized spacial score (nSPS) is 24.0. The number of fused-ring (bicyclic) bond motifs is 2. The van der Waals surface area contributed by atoms with Crippen LogP contribution >= 0.6 is 0 Å². The van der Waals surface area contributed by atoms with Crippen LogP contribution in [0.2, 0.25) is 0 Å². The first kappa shape index (κ1) is 28.3. The molecule has 3 aromatic rings. The van der Waals surface area contributed by atoms with E-state index in [0.717, 1.165) is 36.0 Å². The fraction of sp³-hybridized carbons (Fsp3) is 0.364. The van der Waals surface area contributed by atoms with Gasteiger partial charge in [-0.1, -0.05) is 84.4 Å². The zero-order chi connectivity index (χ0) is 28.2. The summed E-state index contributed by atoms with van der Waals surface area (Å²) in [7, 11) is -2.32. The third kappa shape index (κ3) is 5.92. The van der Waals surface area contributed by atoms with Gasteiger partial charge in [-0.15, -0.1) is 0 Å². The van der Waals surface area contributed by atoms with Gasteiger partial charge in [-0.25, -0.2) is 13.1 Å². The third-order valence-corrected chi connectivity index (χ3v) is 9.86. The number of rotatable bonds is 11. The molecule has 5 rings (SSSR count). The molecule has 1 aliphatic carbocycles. The van der Waals surface area contributed by atoms with Gasteiger partial charge in [0.25, 0.3) is 0 Å². The topological polar surface area (TPSA) is 81.7 Å². The smallest absolute Gasteiger partial charge is 0.305 e. The molecule has 1 N–H and O–H groups in total. The minimum atomic E-state index is -3.72. The van der Waals surface area contributed by atoms with E-state index in [-0.39, 0.29) is 34.3 Å². The third-order valence-electron chi connectivity index (χ3n) is 8.39. The quantitative estimate of drug-likeness (QED) is 0.178. The Kier molecular flexibility index (Phi) is 8.54. The monoisotopic (exact) mass is 559 g/mol. The molecule has 0 amide bonds. The molecule has 0 radical (unpaired) electrons. The zero-order valence-electron chi connectivity index (χ0n) is 23.1. The maximum Gasteiger partial charge on any atom is 0.305 e. The highest BCUT2D eigenvalue weighted by Crippen LogP contribution is 2.54. The molecule has 3 aromatic carbocycles. The van der Waals surface area contributed by atoms with E-state index in [2.05, 4.69) is 53.3 Å². The summed E-state index contributed by atoms with van der Waals surface area (Å²) < 4.78 is 40.9. The van der Waals surface area contributed by atoms with Crippen molar-refractivity contribution in [3.63, 3.8) is 0 Å². The van der Waals surface area contributed by atoms with Gasteiger partial charge in [0.15, 0.2) is 0 Å². The van der Waals surface area contributed by atoms with Crippen LogP contribution in [0, 0.1) is 12.8 Å². The van der Waals surface area contributed by atoms with Crippen molar-refractivity contribution in [3.8, 4) is 11.1 Å². The van der Waals surface area contributed by atoms with Crippen LogP contribution in [0.15, 0.2) is 95.9 Å². The summed E-state index contributed by atoms with van der Waals surface area (Å²) in [5.74, 6) is -0.187. The molecule has 1 aliphatic heterocycles. The number of hydrogen-bond donors (Lipinski definition) is 1. The summed E-state index contributed by atoms with van der Waals surface area (Å²) in [5.41, 5.74) is 4.20. The molecule has 6 nitrogen and oxygen atoms in total. The maximum atomic E-state index is 13.4. The Bertz CT molecular complexity index is 1430. The lowest BCUT2D eigenvalue weighted by Gasteiger charge is -2.39. The number of ether oxygens (including phenoxy) is 2. The molecular weight excluding hydrogens is 522 g/mol. The molecule has 0 spiro atoms. The summed E-state index contributed by atoms with van der Waals surface area (Å²) in [4.78, 5) is 11.7. The van der Waals surface area contributed by atoms with E-state index in [1.165, 1.54) is 12.7 Å². The Morgan fingerprint density at radius 2 is 1.70 bits per heavy atom. The van der Waals surface area contributed by atoms with Gasteiger partial charge in [0.2, 0.25) is 10.0 Å². The number of nitrogens with one attached hydrogen (secondary N) is 1. The van der Waals surface area contributed by atoms with Crippen LogP contribution < -0.4 is 4.72 Å². The van der Waals surface area contributed by atoms with Crippen molar-refractivity contribution in [1.82, 2.24) is 4.72 Å². The number of aryl methyl sites for hydroxylation is 1. The molecule has 0 aromatic heterocycles. The van der Waals surface area contributed by atoms with Crippen molar-refractivity contribution in [1.29, 1.82) is 0 Å². The Morgan fingerprint density at radius 3 is 2.40 bits per heavy atom. The Balaban J connectivity index is 1.40. The van der Waals surface area contributed by atoms with E-state index < -0.39 is 10.0 Å². The maximum absolute atomic E-state index is 13.4. The summed E-state index contributed by atoms with van der Waals surface area (Å²) >= 11 is 0. The van der Waals surface area contributed by atoms with Crippen molar-refractivity contribution < 1.29 is 22.7 Å². The number of carbonyl (C=O) groups is 1. The Hall–Kier alpha value is -3.26. The number of methoxy groups -OCH3 is 1. The van der Waals surface area contributed by atoms with Gasteiger partial charge in [0, 0.05) is 11.8 Å². The van der Waals surface area contributed by atoms with E-state index in [4.69, 9.17) is 9.47 Å². The average molecular weight is 560 g/mol. The number of carbonyl (C=O) groups excluding carboxylic acids is 1. The van der Waals surface area contributed by atoms with Gasteiger partial charge < -0.3 is 9.47 Å². The molecule has 2 aliphatic rings. The molecule has 40 heavy (non-hydrogen) atoms. The zero-order valence-corrected chi connectivity index (χ0v) is 23.9. The van der Waals surface area contributed by atoms with E-state index in [1.807, 2.05) is 37.3 Å². The van der Waals surface area contributed by atoms with Gasteiger partial charge in [0.1, 0.15) is 0 Å². The van der Waals surface area contributed by atoms with Crippen LogP contribution in [0.4, 0.5) is 0 Å². The van der Waals surface area contributed by atoms with Crippen LogP contribution in [-0.2, 0) is 29.7 Å². The number of hydrogen-bond acceptors (Lipinski definition) is 5. The van der Waals surface area contributed by atoms with Gasteiger partial charge in [0.05, 0.1) is 30.8 Å². The Labute approximate surface area is 237 Å². The minimum absolute atomic E-state index is 0.0194. The molecule has 7 heteroatoms. The van der Waals surface area contributed by atoms with Crippen LogP contribution in [0.1, 0.15) is 43.2 Å². The number of allylic oxidation sites excluding steroid dienone is 2. The molecule has 4 atom stereocenters. The fourth-order valence-corrected chi connectivity index (χ4v) is 7.49. The van der Waals surface area contributed by atoms with E-state index in [1.54, 1.807) is 12.1 Å². The second-order valence-corrected chi connectivity index (χ2v) is 12.6. The van der Waals surface area contributed by atoms with Crippen LogP contribution in [0.3, 0.4) is 0 Å². The Morgan fingerprint density at radius 1 is 1.00 bits per heavy atom. The van der Waals surface area contributed by atoms with Gasteiger partial charge in [-0.3, -0.25) is 4.79 Å². The molecule has 1 saturated heterocycles.